The van der Waals surface area contributed by atoms with E-state index >= 15 is 0 Å². The Morgan fingerprint density at radius 2 is 1.67 bits per heavy atom. The number of piperazine rings is 1. The molecule has 1 aromatic rings. The summed E-state index contributed by atoms with van der Waals surface area (Å²) >= 11 is 0. The lowest BCUT2D eigenvalue weighted by molar-refractivity contribution is -0.131. The molecule has 0 atom stereocenters. The Morgan fingerprint density at radius 1 is 1.08 bits per heavy atom. The molecule has 0 N–H and O–H groups in total. The van der Waals surface area contributed by atoms with Gasteiger partial charge in [0, 0.05) is 73.2 Å². The van der Waals surface area contributed by atoms with Gasteiger partial charge >= 0.3 is 0 Å². The summed E-state index contributed by atoms with van der Waals surface area (Å²) in [6.45, 7) is 3.44. The third kappa shape index (κ3) is 4.81. The first-order valence-corrected chi connectivity index (χ1v) is 8.18. The number of hydrogen-bond donors (Lipinski definition) is 0. The van der Waals surface area contributed by atoms with Crippen molar-refractivity contribution in [3.05, 3.63) is 18.5 Å². The summed E-state index contributed by atoms with van der Waals surface area (Å²) in [4.78, 5) is 33.3. The minimum Gasteiger partial charge on any atom is -0.349 e. The number of aromatic nitrogens is 2. The summed E-state index contributed by atoms with van der Waals surface area (Å²) in [7, 11) is 7.80. The molecule has 8 heteroatoms. The van der Waals surface area contributed by atoms with E-state index in [-0.39, 0.29) is 5.91 Å². The summed E-state index contributed by atoms with van der Waals surface area (Å²) in [6, 6.07) is 1.81. The molecular formula is C16H27N7O. The molecule has 0 saturated carbocycles. The summed E-state index contributed by atoms with van der Waals surface area (Å²) in [5, 5.41) is 0. The highest BCUT2D eigenvalue weighted by Gasteiger charge is 2.22. The van der Waals surface area contributed by atoms with Crippen LogP contribution in [0.1, 0.15) is 6.42 Å². The highest BCUT2D eigenvalue weighted by atomic mass is 16.2. The molecule has 8 nitrogen and oxygen atoms in total. The Labute approximate surface area is 143 Å². The molecule has 1 aromatic heterocycles. The molecule has 0 spiro atoms. The molecule has 1 amide bonds. The van der Waals surface area contributed by atoms with Gasteiger partial charge < -0.3 is 19.6 Å². The fraction of sp³-hybridized carbons (Fsp3) is 0.625. The van der Waals surface area contributed by atoms with Crippen LogP contribution in [0.2, 0.25) is 0 Å². The molecule has 24 heavy (non-hydrogen) atoms. The average molecular weight is 333 g/mol. The largest absolute Gasteiger partial charge is 0.349 e. The predicted octanol–water partition coefficient (Wildman–Crippen LogP) is -0.00550. The van der Waals surface area contributed by atoms with Crippen molar-refractivity contribution in [1.29, 1.82) is 0 Å². The normalized spacial score (nSPS) is 14.3. The van der Waals surface area contributed by atoms with Gasteiger partial charge in [0.2, 0.25) is 11.9 Å². The Bertz CT molecular complexity index is 541. The van der Waals surface area contributed by atoms with Crippen molar-refractivity contribution in [3.8, 4) is 0 Å². The van der Waals surface area contributed by atoms with Crippen LogP contribution in [0.15, 0.2) is 23.5 Å². The second-order valence-electron chi connectivity index (χ2n) is 6.14. The van der Waals surface area contributed by atoms with E-state index in [1.54, 1.807) is 18.5 Å². The van der Waals surface area contributed by atoms with E-state index in [0.29, 0.717) is 26.1 Å². The van der Waals surface area contributed by atoms with Crippen molar-refractivity contribution in [3.63, 3.8) is 0 Å². The van der Waals surface area contributed by atoms with E-state index < -0.39 is 0 Å². The number of aliphatic imine (C=N–C) groups is 1. The summed E-state index contributed by atoms with van der Waals surface area (Å²) in [5.74, 6) is 1.76. The zero-order chi connectivity index (χ0) is 17.5. The zero-order valence-electron chi connectivity index (χ0n) is 15.0. The first kappa shape index (κ1) is 18.0. The molecule has 1 aliphatic heterocycles. The standard InChI is InChI=1S/C16H27N7O/c1-20(2)16(21(3)4)19-9-6-14(24)22-10-12-23(13-11-22)15-17-7-5-8-18-15/h5,7-8H,6,9-13H2,1-4H3. The molecular weight excluding hydrogens is 306 g/mol. The highest BCUT2D eigenvalue weighted by molar-refractivity contribution is 5.80. The maximum absolute atomic E-state index is 12.3. The molecule has 2 heterocycles. The highest BCUT2D eigenvalue weighted by Crippen LogP contribution is 2.10. The zero-order valence-corrected chi connectivity index (χ0v) is 15.0. The molecule has 132 valence electrons. The van der Waals surface area contributed by atoms with E-state index in [9.17, 15) is 4.79 Å². The Morgan fingerprint density at radius 3 is 2.21 bits per heavy atom. The lowest BCUT2D eigenvalue weighted by Crippen LogP contribution is -2.49. The van der Waals surface area contributed by atoms with E-state index in [2.05, 4.69) is 19.9 Å². The number of anilines is 1. The monoisotopic (exact) mass is 333 g/mol. The maximum atomic E-state index is 12.3. The minimum atomic E-state index is 0.157. The van der Waals surface area contributed by atoms with Crippen LogP contribution in [-0.2, 0) is 4.79 Å². The molecule has 0 aliphatic carbocycles. The van der Waals surface area contributed by atoms with Gasteiger partial charge in [-0.2, -0.15) is 0 Å². The molecule has 0 unspecified atom stereocenters. The van der Waals surface area contributed by atoms with Gasteiger partial charge in [-0.25, -0.2) is 9.97 Å². The van der Waals surface area contributed by atoms with E-state index in [0.717, 1.165) is 25.0 Å². The number of guanidine groups is 1. The van der Waals surface area contributed by atoms with Gasteiger partial charge in [-0.3, -0.25) is 9.79 Å². The van der Waals surface area contributed by atoms with Gasteiger partial charge in [-0.15, -0.1) is 0 Å². The third-order valence-electron chi connectivity index (χ3n) is 3.85. The number of nitrogens with zero attached hydrogens (tertiary/aromatic N) is 7. The number of rotatable bonds is 4. The SMILES string of the molecule is CN(C)C(=NCCC(=O)N1CCN(c2ncccn2)CC1)N(C)C. The first-order chi connectivity index (χ1) is 11.5. The number of amides is 1. The molecule has 0 aromatic carbocycles. The van der Waals surface area contributed by atoms with Crippen LogP contribution in [0, 0.1) is 0 Å². The molecule has 1 saturated heterocycles. The van der Waals surface area contributed by atoms with E-state index in [1.165, 1.54) is 0 Å². The number of carbonyl (C=O) groups is 1. The smallest absolute Gasteiger partial charge is 0.225 e. The lowest BCUT2D eigenvalue weighted by Gasteiger charge is -2.34. The quantitative estimate of drug-likeness (QED) is 0.570. The van der Waals surface area contributed by atoms with Gasteiger partial charge in [0.05, 0.1) is 6.54 Å². The molecule has 0 bridgehead atoms. The van der Waals surface area contributed by atoms with Crippen LogP contribution in [0.5, 0.6) is 0 Å². The topological polar surface area (TPSA) is 68.2 Å². The van der Waals surface area contributed by atoms with Crippen LogP contribution >= 0.6 is 0 Å². The second-order valence-corrected chi connectivity index (χ2v) is 6.14. The number of carbonyl (C=O) groups excluding carboxylic acids is 1. The van der Waals surface area contributed by atoms with Crippen molar-refractivity contribution in [2.75, 3.05) is 65.8 Å². The van der Waals surface area contributed by atoms with Crippen molar-refractivity contribution >= 4 is 17.8 Å². The van der Waals surface area contributed by atoms with Crippen LogP contribution < -0.4 is 4.90 Å². The third-order valence-corrected chi connectivity index (χ3v) is 3.85. The van der Waals surface area contributed by atoms with Crippen molar-refractivity contribution in [2.24, 2.45) is 4.99 Å². The first-order valence-electron chi connectivity index (χ1n) is 8.18. The summed E-state index contributed by atoms with van der Waals surface area (Å²) in [6.07, 6.45) is 3.92. The van der Waals surface area contributed by atoms with Gasteiger partial charge in [0.1, 0.15) is 0 Å². The fourth-order valence-electron chi connectivity index (χ4n) is 2.70. The Hall–Kier alpha value is -2.38. The van der Waals surface area contributed by atoms with Crippen LogP contribution in [0.4, 0.5) is 5.95 Å². The molecule has 1 aliphatic rings. The van der Waals surface area contributed by atoms with Crippen LogP contribution in [0.25, 0.3) is 0 Å². The minimum absolute atomic E-state index is 0.157. The average Bonchev–Trinajstić information content (AvgIpc) is 2.58. The molecule has 0 radical (unpaired) electrons. The predicted molar refractivity (Wildman–Crippen MR) is 95.1 cm³/mol. The van der Waals surface area contributed by atoms with E-state index in [4.69, 9.17) is 0 Å². The van der Waals surface area contributed by atoms with Crippen molar-refractivity contribution in [2.45, 2.75) is 6.42 Å². The van der Waals surface area contributed by atoms with Crippen LogP contribution in [0.3, 0.4) is 0 Å². The Kier molecular flexibility index (Phi) is 6.34. The maximum Gasteiger partial charge on any atom is 0.225 e. The summed E-state index contributed by atoms with van der Waals surface area (Å²) in [5.41, 5.74) is 0. The summed E-state index contributed by atoms with van der Waals surface area (Å²) < 4.78 is 0. The van der Waals surface area contributed by atoms with Crippen LogP contribution in [-0.4, -0.2) is 97.4 Å². The molecule has 2 rings (SSSR count). The van der Waals surface area contributed by atoms with Gasteiger partial charge in [0.25, 0.3) is 0 Å². The van der Waals surface area contributed by atoms with Gasteiger partial charge in [-0.05, 0) is 6.07 Å². The lowest BCUT2D eigenvalue weighted by atomic mass is 10.3. The van der Waals surface area contributed by atoms with Gasteiger partial charge in [0.15, 0.2) is 5.96 Å². The number of hydrogen-bond acceptors (Lipinski definition) is 5. The van der Waals surface area contributed by atoms with Crippen molar-refractivity contribution in [1.82, 2.24) is 24.7 Å². The Balaban J connectivity index is 1.80. The van der Waals surface area contributed by atoms with Gasteiger partial charge in [-0.1, -0.05) is 0 Å². The fourth-order valence-corrected chi connectivity index (χ4v) is 2.70. The second kappa shape index (κ2) is 8.47. The molecule has 1 fully saturated rings. The van der Waals surface area contributed by atoms with Crippen molar-refractivity contribution < 1.29 is 4.79 Å². The van der Waals surface area contributed by atoms with E-state index in [1.807, 2.05) is 42.9 Å².